The number of amides is 2. The molecule has 2 rings (SSSR count). The first-order chi connectivity index (χ1) is 11.5. The summed E-state index contributed by atoms with van der Waals surface area (Å²) in [6, 6.07) is 7.39. The van der Waals surface area contributed by atoms with Crippen LogP contribution in [-0.4, -0.2) is 68.5 Å². The van der Waals surface area contributed by atoms with Gasteiger partial charge in [-0.15, -0.1) is 0 Å². The Morgan fingerprint density at radius 3 is 2.83 bits per heavy atom. The van der Waals surface area contributed by atoms with E-state index < -0.39 is 0 Å². The predicted molar refractivity (Wildman–Crippen MR) is 93.2 cm³/mol. The molecule has 1 heterocycles. The molecule has 6 nitrogen and oxygen atoms in total. The van der Waals surface area contributed by atoms with Crippen molar-refractivity contribution in [2.45, 2.75) is 25.3 Å². The van der Waals surface area contributed by atoms with E-state index in [1.165, 1.54) is 0 Å². The summed E-state index contributed by atoms with van der Waals surface area (Å²) in [6.45, 7) is 2.15. The standard InChI is InChI=1S/C18H27N3O3/c1-20(2)12-13-21-14(8-9-17(21)22)10-11-19-18(23)15-6-4-5-7-16(15)24-3/h4-7,14H,8-13H2,1-3H3,(H,19,23)/t14-/m1/s1. The summed E-state index contributed by atoms with van der Waals surface area (Å²) >= 11 is 0. The summed E-state index contributed by atoms with van der Waals surface area (Å²) < 4.78 is 5.21. The molecule has 0 radical (unpaired) electrons. The quantitative estimate of drug-likeness (QED) is 0.780. The fourth-order valence-corrected chi connectivity index (χ4v) is 2.99. The van der Waals surface area contributed by atoms with E-state index in [4.69, 9.17) is 4.74 Å². The molecule has 0 saturated carbocycles. The summed E-state index contributed by atoms with van der Waals surface area (Å²) in [5.41, 5.74) is 0.534. The number of ether oxygens (including phenoxy) is 1. The Balaban J connectivity index is 1.84. The average Bonchev–Trinajstić information content (AvgIpc) is 2.92. The molecule has 0 bridgehead atoms. The van der Waals surface area contributed by atoms with Gasteiger partial charge in [0.25, 0.3) is 5.91 Å². The molecule has 1 aliphatic heterocycles. The Labute approximate surface area is 143 Å². The Kier molecular flexibility index (Phi) is 6.61. The molecule has 1 N–H and O–H groups in total. The lowest BCUT2D eigenvalue weighted by molar-refractivity contribution is -0.129. The fourth-order valence-electron chi connectivity index (χ4n) is 2.99. The Hall–Kier alpha value is -2.08. The van der Waals surface area contributed by atoms with Gasteiger partial charge in [0.15, 0.2) is 0 Å². The zero-order valence-electron chi connectivity index (χ0n) is 14.7. The van der Waals surface area contributed by atoms with Crippen molar-refractivity contribution in [1.82, 2.24) is 15.1 Å². The summed E-state index contributed by atoms with van der Waals surface area (Å²) in [7, 11) is 5.56. The molecule has 1 aromatic rings. The zero-order chi connectivity index (χ0) is 17.5. The second-order valence-electron chi connectivity index (χ2n) is 6.33. The van der Waals surface area contributed by atoms with Crippen LogP contribution in [0.25, 0.3) is 0 Å². The van der Waals surface area contributed by atoms with Crippen molar-refractivity contribution < 1.29 is 14.3 Å². The molecule has 0 aromatic heterocycles. The highest BCUT2D eigenvalue weighted by Gasteiger charge is 2.30. The topological polar surface area (TPSA) is 61.9 Å². The second kappa shape index (κ2) is 8.68. The van der Waals surface area contributed by atoms with Gasteiger partial charge in [0.2, 0.25) is 5.91 Å². The van der Waals surface area contributed by atoms with Crippen LogP contribution >= 0.6 is 0 Å². The van der Waals surface area contributed by atoms with E-state index >= 15 is 0 Å². The molecule has 1 aliphatic rings. The molecule has 0 aliphatic carbocycles. The lowest BCUT2D eigenvalue weighted by Gasteiger charge is -2.26. The van der Waals surface area contributed by atoms with Crippen LogP contribution in [-0.2, 0) is 4.79 Å². The SMILES string of the molecule is COc1ccccc1C(=O)NCC[C@H]1CCC(=O)N1CCN(C)C. The van der Waals surface area contributed by atoms with Gasteiger partial charge >= 0.3 is 0 Å². The number of hydrogen-bond acceptors (Lipinski definition) is 4. The number of benzene rings is 1. The Bertz CT molecular complexity index is 574. The highest BCUT2D eigenvalue weighted by molar-refractivity contribution is 5.96. The highest BCUT2D eigenvalue weighted by Crippen LogP contribution is 2.21. The molecule has 1 atom stereocenters. The molecular formula is C18H27N3O3. The van der Waals surface area contributed by atoms with Gasteiger partial charge < -0.3 is 19.9 Å². The summed E-state index contributed by atoms with van der Waals surface area (Å²) in [5.74, 6) is 0.646. The van der Waals surface area contributed by atoms with Crippen LogP contribution in [0.4, 0.5) is 0 Å². The molecule has 2 amide bonds. The maximum Gasteiger partial charge on any atom is 0.255 e. The third-order valence-corrected chi connectivity index (χ3v) is 4.36. The number of hydrogen-bond donors (Lipinski definition) is 1. The first kappa shape index (κ1) is 18.3. The molecule has 132 valence electrons. The van der Waals surface area contributed by atoms with Gasteiger partial charge in [-0.3, -0.25) is 9.59 Å². The Morgan fingerprint density at radius 2 is 2.12 bits per heavy atom. The maximum atomic E-state index is 12.3. The number of likely N-dealkylation sites (tertiary alicyclic amines) is 1. The van der Waals surface area contributed by atoms with Crippen molar-refractivity contribution in [2.24, 2.45) is 0 Å². The average molecular weight is 333 g/mol. The van der Waals surface area contributed by atoms with Crippen LogP contribution in [0.5, 0.6) is 5.75 Å². The molecular weight excluding hydrogens is 306 g/mol. The lowest BCUT2D eigenvalue weighted by atomic mass is 10.1. The summed E-state index contributed by atoms with van der Waals surface area (Å²) in [6.07, 6.45) is 2.26. The van der Waals surface area contributed by atoms with E-state index in [1.54, 1.807) is 19.2 Å². The highest BCUT2D eigenvalue weighted by atomic mass is 16.5. The van der Waals surface area contributed by atoms with Crippen LogP contribution in [0.1, 0.15) is 29.6 Å². The van der Waals surface area contributed by atoms with Crippen molar-refractivity contribution in [3.8, 4) is 5.75 Å². The number of nitrogens with one attached hydrogen (secondary N) is 1. The van der Waals surface area contributed by atoms with Crippen LogP contribution in [0, 0.1) is 0 Å². The van der Waals surface area contributed by atoms with Crippen LogP contribution in [0.3, 0.4) is 0 Å². The first-order valence-corrected chi connectivity index (χ1v) is 8.38. The molecule has 1 fully saturated rings. The summed E-state index contributed by atoms with van der Waals surface area (Å²) in [5, 5.41) is 2.93. The number of nitrogens with zero attached hydrogens (tertiary/aromatic N) is 2. The number of carbonyl (C=O) groups excluding carboxylic acids is 2. The monoisotopic (exact) mass is 333 g/mol. The molecule has 0 spiro atoms. The largest absolute Gasteiger partial charge is 0.496 e. The van der Waals surface area contributed by atoms with E-state index in [1.807, 2.05) is 31.1 Å². The van der Waals surface area contributed by atoms with E-state index in [0.29, 0.717) is 24.3 Å². The third kappa shape index (κ3) is 4.71. The normalized spacial score (nSPS) is 17.4. The van der Waals surface area contributed by atoms with E-state index in [0.717, 1.165) is 25.9 Å². The van der Waals surface area contributed by atoms with Crippen molar-refractivity contribution >= 4 is 11.8 Å². The van der Waals surface area contributed by atoms with Gasteiger partial charge in [-0.1, -0.05) is 12.1 Å². The van der Waals surface area contributed by atoms with Crippen molar-refractivity contribution in [3.05, 3.63) is 29.8 Å². The second-order valence-corrected chi connectivity index (χ2v) is 6.33. The maximum absolute atomic E-state index is 12.3. The van der Waals surface area contributed by atoms with Crippen molar-refractivity contribution in [3.63, 3.8) is 0 Å². The van der Waals surface area contributed by atoms with E-state index in [2.05, 4.69) is 10.2 Å². The Morgan fingerprint density at radius 1 is 1.38 bits per heavy atom. The smallest absolute Gasteiger partial charge is 0.255 e. The predicted octanol–water partition coefficient (Wildman–Crippen LogP) is 1.37. The van der Waals surface area contributed by atoms with Crippen molar-refractivity contribution in [1.29, 1.82) is 0 Å². The van der Waals surface area contributed by atoms with Crippen LogP contribution < -0.4 is 10.1 Å². The fraction of sp³-hybridized carbons (Fsp3) is 0.556. The van der Waals surface area contributed by atoms with Gasteiger partial charge in [0.1, 0.15) is 5.75 Å². The lowest BCUT2D eigenvalue weighted by Crippen LogP contribution is -2.40. The van der Waals surface area contributed by atoms with Gasteiger partial charge in [-0.2, -0.15) is 0 Å². The minimum Gasteiger partial charge on any atom is -0.496 e. The molecule has 0 unspecified atom stereocenters. The van der Waals surface area contributed by atoms with Crippen LogP contribution in [0.2, 0.25) is 0 Å². The number of likely N-dealkylation sites (N-methyl/N-ethyl adjacent to an activating group) is 1. The third-order valence-electron chi connectivity index (χ3n) is 4.36. The first-order valence-electron chi connectivity index (χ1n) is 8.38. The summed E-state index contributed by atoms with van der Waals surface area (Å²) in [4.78, 5) is 28.3. The minimum absolute atomic E-state index is 0.142. The molecule has 24 heavy (non-hydrogen) atoms. The van der Waals surface area contributed by atoms with Crippen LogP contribution in [0.15, 0.2) is 24.3 Å². The van der Waals surface area contributed by atoms with E-state index in [-0.39, 0.29) is 17.9 Å². The van der Waals surface area contributed by atoms with Gasteiger partial charge in [-0.05, 0) is 39.1 Å². The molecule has 6 heteroatoms. The number of methoxy groups -OCH3 is 1. The number of rotatable bonds is 8. The minimum atomic E-state index is -0.142. The number of para-hydroxylation sites is 1. The van der Waals surface area contributed by atoms with Gasteiger partial charge in [-0.25, -0.2) is 0 Å². The molecule has 1 aromatic carbocycles. The van der Waals surface area contributed by atoms with Gasteiger partial charge in [0, 0.05) is 32.1 Å². The van der Waals surface area contributed by atoms with Crippen molar-refractivity contribution in [2.75, 3.05) is 40.8 Å². The van der Waals surface area contributed by atoms with E-state index in [9.17, 15) is 9.59 Å². The zero-order valence-corrected chi connectivity index (χ0v) is 14.7. The molecule has 1 saturated heterocycles. The van der Waals surface area contributed by atoms with Gasteiger partial charge in [0.05, 0.1) is 12.7 Å². The number of carbonyl (C=O) groups is 2.